The number of fused-ring (bicyclic) bond motifs is 1. The number of para-hydroxylation sites is 2. The Labute approximate surface area is 202 Å². The lowest BCUT2D eigenvalue weighted by molar-refractivity contribution is 0.125. The second-order valence-electron chi connectivity index (χ2n) is 9.30. The third-order valence-electron chi connectivity index (χ3n) is 6.90. The van der Waals surface area contributed by atoms with Gasteiger partial charge in [-0.2, -0.15) is 0 Å². The summed E-state index contributed by atoms with van der Waals surface area (Å²) in [5, 5.41) is 0. The number of benzene rings is 3. The van der Waals surface area contributed by atoms with Crippen LogP contribution in [0.25, 0.3) is 11.0 Å². The molecular weight excluding hydrogens is 420 g/mol. The van der Waals surface area contributed by atoms with Crippen molar-refractivity contribution in [1.29, 1.82) is 0 Å². The molecule has 0 radical (unpaired) electrons. The van der Waals surface area contributed by atoms with Gasteiger partial charge in [-0.25, -0.2) is 4.98 Å². The monoisotopic (exact) mass is 454 g/mol. The van der Waals surface area contributed by atoms with Crippen LogP contribution in [0.5, 0.6) is 5.75 Å². The molecule has 0 atom stereocenters. The number of imidazole rings is 1. The summed E-state index contributed by atoms with van der Waals surface area (Å²) in [4.78, 5) is 10.2. The summed E-state index contributed by atoms with van der Waals surface area (Å²) in [6, 6.07) is 25.8. The fourth-order valence-corrected chi connectivity index (χ4v) is 4.75. The lowest BCUT2D eigenvalue weighted by Gasteiger charge is -2.34. The normalized spacial score (nSPS) is 15.1. The number of aryl methyl sites for hydroxylation is 1. The second kappa shape index (κ2) is 10.4. The molecule has 0 spiro atoms. The largest absolute Gasteiger partial charge is 0.497 e. The molecule has 0 bridgehead atoms. The molecule has 0 saturated carbocycles. The van der Waals surface area contributed by atoms with Crippen molar-refractivity contribution in [2.75, 3.05) is 39.8 Å². The Morgan fingerprint density at radius 1 is 0.765 bits per heavy atom. The number of methoxy groups -OCH3 is 1. The topological polar surface area (TPSA) is 33.5 Å². The van der Waals surface area contributed by atoms with E-state index < -0.39 is 0 Å². The smallest absolute Gasteiger partial charge is 0.124 e. The van der Waals surface area contributed by atoms with Crippen LogP contribution in [0.1, 0.15) is 22.5 Å². The first-order valence-corrected chi connectivity index (χ1v) is 12.3. The fourth-order valence-electron chi connectivity index (χ4n) is 4.75. The highest BCUT2D eigenvalue weighted by Gasteiger charge is 2.20. The minimum Gasteiger partial charge on any atom is -0.497 e. The van der Waals surface area contributed by atoms with Crippen molar-refractivity contribution in [3.8, 4) is 5.75 Å². The molecule has 5 heteroatoms. The first-order chi connectivity index (χ1) is 16.7. The van der Waals surface area contributed by atoms with Gasteiger partial charge in [-0.3, -0.25) is 4.90 Å². The van der Waals surface area contributed by atoms with Crippen molar-refractivity contribution in [2.24, 2.45) is 0 Å². The van der Waals surface area contributed by atoms with Crippen molar-refractivity contribution >= 4 is 11.0 Å². The molecule has 34 heavy (non-hydrogen) atoms. The maximum Gasteiger partial charge on any atom is 0.124 e. The van der Waals surface area contributed by atoms with Gasteiger partial charge < -0.3 is 14.2 Å². The first-order valence-electron chi connectivity index (χ1n) is 12.3. The lowest BCUT2D eigenvalue weighted by atomic mass is 10.1. The van der Waals surface area contributed by atoms with E-state index in [-0.39, 0.29) is 0 Å². The number of ether oxygens (including phenoxy) is 1. The minimum absolute atomic E-state index is 0.859. The van der Waals surface area contributed by atoms with E-state index in [9.17, 15) is 0 Å². The van der Waals surface area contributed by atoms with Crippen LogP contribution in [0.2, 0.25) is 0 Å². The molecule has 1 aromatic heterocycles. The number of aromatic nitrogens is 2. The van der Waals surface area contributed by atoms with Crippen molar-refractivity contribution in [2.45, 2.75) is 26.4 Å². The Bertz CT molecular complexity index is 1210. The van der Waals surface area contributed by atoms with Crippen molar-refractivity contribution in [1.82, 2.24) is 19.4 Å². The third-order valence-corrected chi connectivity index (χ3v) is 6.90. The first kappa shape index (κ1) is 22.6. The molecule has 0 N–H and O–H groups in total. The van der Waals surface area contributed by atoms with Gasteiger partial charge in [0.1, 0.15) is 11.6 Å². The summed E-state index contributed by atoms with van der Waals surface area (Å²) >= 11 is 0. The number of hydrogen-bond acceptors (Lipinski definition) is 4. The highest BCUT2D eigenvalue weighted by molar-refractivity contribution is 5.76. The van der Waals surface area contributed by atoms with Gasteiger partial charge in [-0.05, 0) is 48.7 Å². The molecule has 1 aliphatic rings. The van der Waals surface area contributed by atoms with Gasteiger partial charge in [0, 0.05) is 39.3 Å². The lowest BCUT2D eigenvalue weighted by Crippen LogP contribution is -2.46. The van der Waals surface area contributed by atoms with E-state index in [4.69, 9.17) is 9.72 Å². The average molecular weight is 455 g/mol. The van der Waals surface area contributed by atoms with Gasteiger partial charge in [0.25, 0.3) is 0 Å². The van der Waals surface area contributed by atoms with E-state index in [1.165, 1.54) is 22.2 Å². The zero-order valence-corrected chi connectivity index (χ0v) is 20.3. The van der Waals surface area contributed by atoms with Crippen LogP contribution in [0.4, 0.5) is 0 Å². The van der Waals surface area contributed by atoms with Crippen LogP contribution in [0.15, 0.2) is 72.8 Å². The quantitative estimate of drug-likeness (QED) is 0.384. The Hall–Kier alpha value is -3.15. The van der Waals surface area contributed by atoms with Crippen molar-refractivity contribution < 1.29 is 4.74 Å². The molecule has 4 aromatic rings. The molecule has 0 unspecified atom stereocenters. The molecule has 3 aromatic carbocycles. The molecule has 1 aliphatic heterocycles. The summed E-state index contributed by atoms with van der Waals surface area (Å²) in [6.45, 7) is 9.37. The molecule has 5 rings (SSSR count). The van der Waals surface area contributed by atoms with Gasteiger partial charge in [0.15, 0.2) is 0 Å². The number of rotatable bonds is 8. The number of nitrogens with zero attached hydrogens (tertiary/aromatic N) is 4. The minimum atomic E-state index is 0.859. The molecule has 0 aliphatic carbocycles. The van der Waals surface area contributed by atoms with Crippen LogP contribution in [0, 0.1) is 6.92 Å². The van der Waals surface area contributed by atoms with Crippen molar-refractivity contribution in [3.63, 3.8) is 0 Å². The molecular formula is C29H34N4O. The van der Waals surface area contributed by atoms with Crippen LogP contribution < -0.4 is 4.74 Å². The maximum atomic E-state index is 5.27. The molecule has 0 amide bonds. The fraction of sp³-hybridized carbons (Fsp3) is 0.345. The second-order valence-corrected chi connectivity index (χ2v) is 9.30. The Kier molecular flexibility index (Phi) is 6.93. The molecule has 176 valence electrons. The van der Waals surface area contributed by atoms with E-state index in [1.54, 1.807) is 7.11 Å². The van der Waals surface area contributed by atoms with E-state index in [2.05, 4.69) is 94.1 Å². The van der Waals surface area contributed by atoms with E-state index in [0.29, 0.717) is 0 Å². The summed E-state index contributed by atoms with van der Waals surface area (Å²) in [5.74, 6) is 2.08. The Morgan fingerprint density at radius 2 is 1.44 bits per heavy atom. The Balaban J connectivity index is 1.21. The van der Waals surface area contributed by atoms with Crippen LogP contribution in [0.3, 0.4) is 0 Å². The maximum absolute atomic E-state index is 5.27. The SMILES string of the molecule is COc1ccc(CCN2CCN(Cc3nc4ccccc4n3Cc3ccc(C)cc3)CC2)cc1. The van der Waals surface area contributed by atoms with Gasteiger partial charge in [0.2, 0.25) is 0 Å². The molecule has 1 saturated heterocycles. The van der Waals surface area contributed by atoms with E-state index in [0.717, 1.165) is 69.3 Å². The summed E-state index contributed by atoms with van der Waals surface area (Å²) in [5.41, 5.74) is 6.29. The van der Waals surface area contributed by atoms with E-state index >= 15 is 0 Å². The summed E-state index contributed by atoms with van der Waals surface area (Å²) in [7, 11) is 1.71. The highest BCUT2D eigenvalue weighted by atomic mass is 16.5. The van der Waals surface area contributed by atoms with Crippen LogP contribution in [-0.4, -0.2) is 59.2 Å². The van der Waals surface area contributed by atoms with E-state index in [1.807, 2.05) is 0 Å². The Morgan fingerprint density at radius 3 is 2.18 bits per heavy atom. The molecule has 1 fully saturated rings. The summed E-state index contributed by atoms with van der Waals surface area (Å²) < 4.78 is 7.67. The number of piperazine rings is 1. The van der Waals surface area contributed by atoms with Crippen molar-refractivity contribution in [3.05, 3.63) is 95.3 Å². The molecule has 5 nitrogen and oxygen atoms in total. The average Bonchev–Trinajstić information content (AvgIpc) is 3.22. The zero-order valence-electron chi connectivity index (χ0n) is 20.3. The highest BCUT2D eigenvalue weighted by Crippen LogP contribution is 2.20. The zero-order chi connectivity index (χ0) is 23.3. The predicted octanol–water partition coefficient (Wildman–Crippen LogP) is 4.76. The van der Waals surface area contributed by atoms with Gasteiger partial charge >= 0.3 is 0 Å². The number of hydrogen-bond donors (Lipinski definition) is 0. The summed E-state index contributed by atoms with van der Waals surface area (Å²) in [6.07, 6.45) is 1.08. The standard InChI is InChI=1S/C29H34N4O/c1-23-7-9-25(10-8-23)21-33-28-6-4-3-5-27(28)30-29(33)22-32-19-17-31(18-20-32)16-15-24-11-13-26(34-2)14-12-24/h3-14H,15-22H2,1-2H3. The molecule has 2 heterocycles. The van der Waals surface area contributed by atoms with Gasteiger partial charge in [-0.1, -0.05) is 54.1 Å². The predicted molar refractivity (Wildman–Crippen MR) is 138 cm³/mol. The van der Waals surface area contributed by atoms with Crippen LogP contribution in [-0.2, 0) is 19.5 Å². The van der Waals surface area contributed by atoms with Gasteiger partial charge in [0.05, 0.1) is 24.7 Å². The van der Waals surface area contributed by atoms with Gasteiger partial charge in [-0.15, -0.1) is 0 Å². The van der Waals surface area contributed by atoms with Crippen LogP contribution >= 0.6 is 0 Å². The third kappa shape index (κ3) is 5.32.